The van der Waals surface area contributed by atoms with E-state index >= 15 is 0 Å². The molecule has 0 unspecified atom stereocenters. The van der Waals surface area contributed by atoms with Crippen molar-refractivity contribution < 1.29 is 0 Å². The minimum absolute atomic E-state index is 0.324. The molecular weight excluding hydrogens is 163 g/mol. The number of alkyl halides is 2. The molecule has 0 spiro atoms. The molecule has 0 nitrogen and oxygen atoms in total. The summed E-state index contributed by atoms with van der Waals surface area (Å²) < 4.78 is 0. The van der Waals surface area contributed by atoms with Gasteiger partial charge in [-0.2, -0.15) is 0 Å². The second-order valence-electron chi connectivity index (χ2n) is 1.16. The highest BCUT2D eigenvalue weighted by Crippen LogP contribution is 2.02. The van der Waals surface area contributed by atoms with Crippen molar-refractivity contribution in [3.05, 3.63) is 0 Å². The summed E-state index contributed by atoms with van der Waals surface area (Å²) >= 11 is 8.85. The van der Waals surface area contributed by atoms with Crippen LogP contribution < -0.4 is 0 Å². The lowest BCUT2D eigenvalue weighted by molar-refractivity contribution is 0.911. The first-order valence-corrected chi connectivity index (χ1v) is 3.57. The van der Waals surface area contributed by atoms with Crippen molar-refractivity contribution in [1.82, 2.24) is 0 Å². The Balaban J connectivity index is 2.75. The number of rotatable bonds is 2. The van der Waals surface area contributed by atoms with Crippen LogP contribution in [0.1, 0.15) is 13.3 Å². The zero-order chi connectivity index (χ0) is 4.99. The Hall–Kier alpha value is 0.770. The topological polar surface area (TPSA) is 0 Å². The average Bonchev–Trinajstić information content (AvgIpc) is 1.65. The lowest BCUT2D eigenvalue weighted by atomic mass is 10.4. The molecule has 0 rings (SSSR count). The minimum Gasteiger partial charge on any atom is -0.122 e. The van der Waals surface area contributed by atoms with Crippen LogP contribution in [0, 0.1) is 0 Å². The molecule has 0 amide bonds. The van der Waals surface area contributed by atoms with Crippen molar-refractivity contribution >= 4 is 27.5 Å². The van der Waals surface area contributed by atoms with Gasteiger partial charge in [0.15, 0.2) is 0 Å². The third-order valence-electron chi connectivity index (χ3n) is 0.610. The third-order valence-corrected chi connectivity index (χ3v) is 2.23. The van der Waals surface area contributed by atoms with Crippen LogP contribution in [0.5, 0.6) is 0 Å². The van der Waals surface area contributed by atoms with E-state index in [4.69, 9.17) is 11.6 Å². The van der Waals surface area contributed by atoms with Gasteiger partial charge in [0.2, 0.25) is 0 Å². The molecule has 38 valence electrons. The van der Waals surface area contributed by atoms with Gasteiger partial charge in [-0.1, -0.05) is 22.9 Å². The van der Waals surface area contributed by atoms with Gasteiger partial charge in [-0.25, -0.2) is 0 Å². The molecule has 0 aliphatic carbocycles. The van der Waals surface area contributed by atoms with Gasteiger partial charge in [-0.05, 0) is 6.42 Å². The Morgan fingerprint density at radius 3 is 2.33 bits per heavy atom. The highest BCUT2D eigenvalue weighted by atomic mass is 79.9. The molecular formula is C4H8BrCl. The predicted octanol–water partition coefficient (Wildman–Crippen LogP) is 2.40. The first-order valence-electron chi connectivity index (χ1n) is 2.01. The minimum atomic E-state index is 0.324. The van der Waals surface area contributed by atoms with Crippen LogP contribution in [0.25, 0.3) is 0 Å². The molecule has 2 heteroatoms. The van der Waals surface area contributed by atoms with Crippen LogP contribution in [0.15, 0.2) is 0 Å². The summed E-state index contributed by atoms with van der Waals surface area (Å²) in [7, 11) is 0. The van der Waals surface area contributed by atoms with E-state index in [2.05, 4.69) is 22.9 Å². The zero-order valence-corrected chi connectivity index (χ0v) is 6.09. The predicted molar refractivity (Wildman–Crippen MR) is 33.7 cm³/mol. The average molecular weight is 171 g/mol. The SMILES string of the molecule is CC[C@@H](Cl)CBr. The van der Waals surface area contributed by atoms with Crippen molar-refractivity contribution in [1.29, 1.82) is 0 Å². The molecule has 0 heterocycles. The Morgan fingerprint density at radius 1 is 1.83 bits per heavy atom. The molecule has 0 saturated carbocycles. The van der Waals surface area contributed by atoms with Crippen molar-refractivity contribution in [2.24, 2.45) is 0 Å². The fraction of sp³-hybridized carbons (Fsp3) is 1.00. The highest BCUT2D eigenvalue weighted by molar-refractivity contribution is 9.09. The van der Waals surface area contributed by atoms with E-state index in [1.807, 2.05) is 0 Å². The number of hydrogen-bond donors (Lipinski definition) is 0. The van der Waals surface area contributed by atoms with Crippen LogP contribution >= 0.6 is 27.5 Å². The summed E-state index contributed by atoms with van der Waals surface area (Å²) in [5.41, 5.74) is 0. The summed E-state index contributed by atoms with van der Waals surface area (Å²) in [6, 6.07) is 0. The fourth-order valence-electron chi connectivity index (χ4n) is 0.109. The monoisotopic (exact) mass is 170 g/mol. The first kappa shape index (κ1) is 6.77. The van der Waals surface area contributed by atoms with Crippen molar-refractivity contribution in [2.45, 2.75) is 18.7 Å². The molecule has 1 atom stereocenters. The van der Waals surface area contributed by atoms with Gasteiger partial charge in [0, 0.05) is 10.7 Å². The molecule has 0 fully saturated rings. The van der Waals surface area contributed by atoms with E-state index in [1.54, 1.807) is 0 Å². The molecule has 0 radical (unpaired) electrons. The van der Waals surface area contributed by atoms with Crippen molar-refractivity contribution in [3.63, 3.8) is 0 Å². The van der Waals surface area contributed by atoms with E-state index in [-0.39, 0.29) is 0 Å². The molecule has 0 aromatic rings. The Bertz CT molecular complexity index is 26.7. The van der Waals surface area contributed by atoms with Crippen LogP contribution in [0.2, 0.25) is 0 Å². The first-order chi connectivity index (χ1) is 2.81. The largest absolute Gasteiger partial charge is 0.122 e. The standard InChI is InChI=1S/C4H8BrCl/c1-2-4(6)3-5/h4H,2-3H2,1H3/t4-/m1/s1. The molecule has 0 N–H and O–H groups in total. The fourth-order valence-corrected chi connectivity index (χ4v) is 0.567. The van der Waals surface area contributed by atoms with Crippen LogP contribution in [-0.2, 0) is 0 Å². The van der Waals surface area contributed by atoms with Crippen molar-refractivity contribution in [3.8, 4) is 0 Å². The van der Waals surface area contributed by atoms with E-state index < -0.39 is 0 Å². The second-order valence-corrected chi connectivity index (χ2v) is 2.42. The van der Waals surface area contributed by atoms with Gasteiger partial charge in [-0.3, -0.25) is 0 Å². The molecule has 6 heavy (non-hydrogen) atoms. The summed E-state index contributed by atoms with van der Waals surface area (Å²) in [4.78, 5) is 0. The van der Waals surface area contributed by atoms with E-state index in [1.165, 1.54) is 0 Å². The number of hydrogen-bond acceptors (Lipinski definition) is 0. The third kappa shape index (κ3) is 2.98. The van der Waals surface area contributed by atoms with Crippen molar-refractivity contribution in [2.75, 3.05) is 5.33 Å². The van der Waals surface area contributed by atoms with Gasteiger partial charge >= 0.3 is 0 Å². The highest BCUT2D eigenvalue weighted by Gasteiger charge is 1.93. The zero-order valence-electron chi connectivity index (χ0n) is 3.75. The summed E-state index contributed by atoms with van der Waals surface area (Å²) in [6.07, 6.45) is 1.05. The van der Waals surface area contributed by atoms with Gasteiger partial charge < -0.3 is 0 Å². The van der Waals surface area contributed by atoms with E-state index in [0.717, 1.165) is 11.8 Å². The molecule has 0 aromatic heterocycles. The number of halogens is 2. The Morgan fingerprint density at radius 2 is 2.33 bits per heavy atom. The Labute approximate surface area is 52.0 Å². The van der Waals surface area contributed by atoms with Gasteiger partial charge in [-0.15, -0.1) is 11.6 Å². The molecule has 0 aliphatic rings. The van der Waals surface area contributed by atoms with Gasteiger partial charge in [0.25, 0.3) is 0 Å². The molecule has 0 saturated heterocycles. The van der Waals surface area contributed by atoms with E-state index in [9.17, 15) is 0 Å². The maximum Gasteiger partial charge on any atom is 0.0430 e. The summed E-state index contributed by atoms with van der Waals surface area (Å²) in [6.45, 7) is 2.07. The molecule has 0 aromatic carbocycles. The Kier molecular flexibility index (Phi) is 4.45. The van der Waals surface area contributed by atoms with Gasteiger partial charge in [0.1, 0.15) is 0 Å². The van der Waals surface area contributed by atoms with Crippen LogP contribution in [0.4, 0.5) is 0 Å². The van der Waals surface area contributed by atoms with E-state index in [0.29, 0.717) is 5.38 Å². The van der Waals surface area contributed by atoms with Crippen LogP contribution in [0.3, 0.4) is 0 Å². The lowest BCUT2D eigenvalue weighted by Gasteiger charge is -1.94. The second kappa shape index (κ2) is 3.94. The summed E-state index contributed by atoms with van der Waals surface area (Å²) in [5, 5.41) is 1.23. The molecule has 0 aliphatic heterocycles. The smallest absolute Gasteiger partial charge is 0.0430 e. The lowest BCUT2D eigenvalue weighted by Crippen LogP contribution is -1.94. The molecule has 0 bridgehead atoms. The van der Waals surface area contributed by atoms with Crippen LogP contribution in [-0.4, -0.2) is 10.7 Å². The maximum atomic E-state index is 5.60. The maximum absolute atomic E-state index is 5.60. The normalized spacial score (nSPS) is 14.5. The van der Waals surface area contributed by atoms with Gasteiger partial charge in [0.05, 0.1) is 0 Å². The summed E-state index contributed by atoms with van der Waals surface area (Å²) in [5.74, 6) is 0. The quantitative estimate of drug-likeness (QED) is 0.560.